The summed E-state index contributed by atoms with van der Waals surface area (Å²) in [5.41, 5.74) is 0. The molecule has 3 heteroatoms. The molecular formula is C10H18BrNO. The second-order valence-electron chi connectivity index (χ2n) is 3.57. The second-order valence-corrected chi connectivity index (χ2v) is 4.36. The van der Waals surface area contributed by atoms with Crippen LogP contribution in [-0.2, 0) is 4.79 Å². The van der Waals surface area contributed by atoms with E-state index in [4.69, 9.17) is 0 Å². The topological polar surface area (TPSA) is 20.3 Å². The Kier molecular flexibility index (Phi) is 4.78. The molecule has 1 heterocycles. The van der Waals surface area contributed by atoms with Gasteiger partial charge < -0.3 is 4.90 Å². The molecule has 1 amide bonds. The summed E-state index contributed by atoms with van der Waals surface area (Å²) in [7, 11) is 0. The zero-order valence-electron chi connectivity index (χ0n) is 8.26. The van der Waals surface area contributed by atoms with Crippen LogP contribution in [0, 0.1) is 0 Å². The van der Waals surface area contributed by atoms with Crippen LogP contribution in [0.5, 0.6) is 0 Å². The number of piperidine rings is 1. The maximum atomic E-state index is 11.6. The summed E-state index contributed by atoms with van der Waals surface area (Å²) in [5.74, 6) is 0.325. The van der Waals surface area contributed by atoms with Gasteiger partial charge in [-0.05, 0) is 25.7 Å². The summed E-state index contributed by atoms with van der Waals surface area (Å²) in [4.78, 5) is 13.6. The van der Waals surface area contributed by atoms with Crippen LogP contribution in [-0.4, -0.2) is 28.7 Å². The van der Waals surface area contributed by atoms with E-state index in [0.29, 0.717) is 18.4 Å². The Balaban J connectivity index is 2.50. The summed E-state index contributed by atoms with van der Waals surface area (Å²) in [6.45, 7) is 2.92. The number of carbonyl (C=O) groups is 1. The fourth-order valence-corrected chi connectivity index (χ4v) is 2.49. The molecular weight excluding hydrogens is 230 g/mol. The van der Waals surface area contributed by atoms with E-state index in [9.17, 15) is 4.79 Å². The quantitative estimate of drug-likeness (QED) is 0.703. The Labute approximate surface area is 88.8 Å². The van der Waals surface area contributed by atoms with E-state index in [2.05, 4.69) is 20.8 Å². The third-order valence-corrected chi connectivity index (χ3v) is 3.15. The highest BCUT2D eigenvalue weighted by molar-refractivity contribution is 9.09. The smallest absolute Gasteiger partial charge is 0.222 e. The number of halogens is 1. The lowest BCUT2D eigenvalue weighted by molar-refractivity contribution is -0.134. The summed E-state index contributed by atoms with van der Waals surface area (Å²) < 4.78 is 0. The highest BCUT2D eigenvalue weighted by atomic mass is 79.9. The molecule has 0 aromatic rings. The van der Waals surface area contributed by atoms with Crippen molar-refractivity contribution in [3.05, 3.63) is 0 Å². The van der Waals surface area contributed by atoms with Crippen LogP contribution in [0.25, 0.3) is 0 Å². The molecule has 76 valence electrons. The number of carbonyl (C=O) groups excluding carboxylic acids is 1. The molecule has 0 N–H and O–H groups in total. The molecule has 1 saturated heterocycles. The van der Waals surface area contributed by atoms with Gasteiger partial charge in [0.1, 0.15) is 0 Å². The molecule has 1 unspecified atom stereocenters. The lowest BCUT2D eigenvalue weighted by Gasteiger charge is -2.35. The summed E-state index contributed by atoms with van der Waals surface area (Å²) in [6, 6.07) is 0.501. The fourth-order valence-electron chi connectivity index (χ4n) is 1.96. The minimum absolute atomic E-state index is 0.325. The van der Waals surface area contributed by atoms with E-state index in [-0.39, 0.29) is 0 Å². The fraction of sp³-hybridized carbons (Fsp3) is 0.900. The summed E-state index contributed by atoms with van der Waals surface area (Å²) >= 11 is 3.45. The number of hydrogen-bond donors (Lipinski definition) is 0. The van der Waals surface area contributed by atoms with Crippen molar-refractivity contribution in [2.45, 2.75) is 45.1 Å². The standard InChI is InChI=1S/C10H18BrNO/c1-2-10(13)12-8-4-3-5-9(12)6-7-11/h9H,2-8H2,1H3. The van der Waals surface area contributed by atoms with Gasteiger partial charge in [0.15, 0.2) is 0 Å². The van der Waals surface area contributed by atoms with Crippen LogP contribution < -0.4 is 0 Å². The van der Waals surface area contributed by atoms with Gasteiger partial charge in [-0.25, -0.2) is 0 Å². The Morgan fingerprint density at radius 1 is 1.54 bits per heavy atom. The minimum Gasteiger partial charge on any atom is -0.340 e. The molecule has 0 radical (unpaired) electrons. The molecule has 1 rings (SSSR count). The highest BCUT2D eigenvalue weighted by Crippen LogP contribution is 2.20. The lowest BCUT2D eigenvalue weighted by Crippen LogP contribution is -2.43. The highest BCUT2D eigenvalue weighted by Gasteiger charge is 2.24. The van der Waals surface area contributed by atoms with Gasteiger partial charge in [0.2, 0.25) is 5.91 Å². The number of likely N-dealkylation sites (tertiary alicyclic amines) is 1. The molecule has 0 aromatic heterocycles. The van der Waals surface area contributed by atoms with Crippen LogP contribution in [0.2, 0.25) is 0 Å². The molecule has 1 aliphatic heterocycles. The van der Waals surface area contributed by atoms with Gasteiger partial charge in [0, 0.05) is 24.3 Å². The van der Waals surface area contributed by atoms with Gasteiger partial charge in [-0.2, -0.15) is 0 Å². The molecule has 1 aliphatic rings. The molecule has 13 heavy (non-hydrogen) atoms. The van der Waals surface area contributed by atoms with Gasteiger partial charge in [-0.3, -0.25) is 4.79 Å². The number of hydrogen-bond acceptors (Lipinski definition) is 1. The predicted molar refractivity (Wildman–Crippen MR) is 58.1 cm³/mol. The van der Waals surface area contributed by atoms with Crippen LogP contribution in [0.15, 0.2) is 0 Å². The van der Waals surface area contributed by atoms with Crippen molar-refractivity contribution in [2.24, 2.45) is 0 Å². The van der Waals surface area contributed by atoms with Crippen molar-refractivity contribution in [1.82, 2.24) is 4.90 Å². The lowest BCUT2D eigenvalue weighted by atomic mass is 10.00. The maximum Gasteiger partial charge on any atom is 0.222 e. The van der Waals surface area contributed by atoms with Gasteiger partial charge in [-0.15, -0.1) is 0 Å². The van der Waals surface area contributed by atoms with Crippen LogP contribution in [0.4, 0.5) is 0 Å². The monoisotopic (exact) mass is 247 g/mol. The summed E-state index contributed by atoms with van der Waals surface area (Å²) in [5, 5.41) is 1.01. The summed E-state index contributed by atoms with van der Waals surface area (Å²) in [6.07, 6.45) is 5.41. The van der Waals surface area contributed by atoms with E-state index in [1.165, 1.54) is 19.3 Å². The van der Waals surface area contributed by atoms with Gasteiger partial charge in [-0.1, -0.05) is 22.9 Å². The van der Waals surface area contributed by atoms with E-state index < -0.39 is 0 Å². The minimum atomic E-state index is 0.325. The number of amides is 1. The zero-order chi connectivity index (χ0) is 9.68. The van der Waals surface area contributed by atoms with Crippen LogP contribution in [0.3, 0.4) is 0 Å². The first-order valence-corrected chi connectivity index (χ1v) is 6.27. The molecule has 0 spiro atoms. The first-order chi connectivity index (χ1) is 6.29. The van der Waals surface area contributed by atoms with E-state index in [1.54, 1.807) is 0 Å². The van der Waals surface area contributed by atoms with E-state index in [1.807, 2.05) is 6.92 Å². The van der Waals surface area contributed by atoms with E-state index in [0.717, 1.165) is 18.3 Å². The second kappa shape index (κ2) is 5.63. The average Bonchev–Trinajstić information content (AvgIpc) is 2.18. The number of alkyl halides is 1. The molecule has 0 bridgehead atoms. The van der Waals surface area contributed by atoms with Gasteiger partial charge >= 0.3 is 0 Å². The molecule has 1 atom stereocenters. The van der Waals surface area contributed by atoms with Crippen molar-refractivity contribution >= 4 is 21.8 Å². The van der Waals surface area contributed by atoms with Gasteiger partial charge in [0.25, 0.3) is 0 Å². The Hall–Kier alpha value is -0.0500. The Morgan fingerprint density at radius 2 is 2.31 bits per heavy atom. The Bertz CT molecular complexity index is 170. The Morgan fingerprint density at radius 3 is 2.92 bits per heavy atom. The molecule has 0 aliphatic carbocycles. The van der Waals surface area contributed by atoms with Crippen molar-refractivity contribution in [2.75, 3.05) is 11.9 Å². The van der Waals surface area contributed by atoms with Crippen molar-refractivity contribution < 1.29 is 4.79 Å². The first-order valence-electron chi connectivity index (χ1n) is 5.15. The number of rotatable bonds is 3. The zero-order valence-corrected chi connectivity index (χ0v) is 9.85. The maximum absolute atomic E-state index is 11.6. The van der Waals surface area contributed by atoms with Crippen molar-refractivity contribution in [3.63, 3.8) is 0 Å². The van der Waals surface area contributed by atoms with Crippen molar-refractivity contribution in [1.29, 1.82) is 0 Å². The molecule has 0 aromatic carbocycles. The first kappa shape index (κ1) is 11.0. The average molecular weight is 248 g/mol. The molecule has 0 saturated carbocycles. The van der Waals surface area contributed by atoms with Gasteiger partial charge in [0.05, 0.1) is 0 Å². The molecule has 1 fully saturated rings. The largest absolute Gasteiger partial charge is 0.340 e. The SMILES string of the molecule is CCC(=O)N1CCCCC1CCBr. The number of nitrogens with zero attached hydrogens (tertiary/aromatic N) is 1. The predicted octanol–water partition coefficient (Wildman–Crippen LogP) is 2.56. The van der Waals surface area contributed by atoms with Crippen molar-refractivity contribution in [3.8, 4) is 0 Å². The third kappa shape index (κ3) is 2.97. The van der Waals surface area contributed by atoms with Crippen LogP contribution in [0.1, 0.15) is 39.0 Å². The van der Waals surface area contributed by atoms with E-state index >= 15 is 0 Å². The van der Waals surface area contributed by atoms with Crippen LogP contribution >= 0.6 is 15.9 Å². The third-order valence-electron chi connectivity index (χ3n) is 2.69. The molecule has 2 nitrogen and oxygen atoms in total. The normalized spacial score (nSPS) is 23.2.